The van der Waals surface area contributed by atoms with Gasteiger partial charge >= 0.3 is 5.97 Å². The molecule has 0 amide bonds. The van der Waals surface area contributed by atoms with E-state index in [-0.39, 0.29) is 5.97 Å². The molecular weight excluding hydrogens is 412 g/mol. The first-order valence-electron chi connectivity index (χ1n) is 11.2. The summed E-state index contributed by atoms with van der Waals surface area (Å²) in [6.07, 6.45) is 0. The summed E-state index contributed by atoms with van der Waals surface area (Å²) in [6.45, 7) is 5.19. The standard InChI is InChI=1S/C29H26O4/c1-4-33-29(30)28-25(27-21-13-9-8-10-19(21)14-15-24(27)31-3)18(2)22-16-32-17-23(22)26(28)20-11-6-5-7-12-20/h5-15H,4,16-17H2,1-3H3. The molecule has 0 bridgehead atoms. The molecule has 0 fully saturated rings. The minimum atomic E-state index is -0.334. The van der Waals surface area contributed by atoms with Gasteiger partial charge in [-0.25, -0.2) is 4.79 Å². The van der Waals surface area contributed by atoms with Crippen LogP contribution < -0.4 is 4.74 Å². The van der Waals surface area contributed by atoms with Gasteiger partial charge in [0, 0.05) is 16.7 Å². The predicted octanol–water partition coefficient (Wildman–Crippen LogP) is 6.70. The number of ether oxygens (including phenoxy) is 3. The third-order valence-corrected chi connectivity index (χ3v) is 6.39. The first-order chi connectivity index (χ1) is 16.2. The Labute approximate surface area is 193 Å². The van der Waals surface area contributed by atoms with Crippen LogP contribution in [0.4, 0.5) is 0 Å². The number of carbonyl (C=O) groups is 1. The Morgan fingerprint density at radius 2 is 1.61 bits per heavy atom. The highest BCUT2D eigenvalue weighted by molar-refractivity contribution is 6.11. The van der Waals surface area contributed by atoms with Gasteiger partial charge in [-0.15, -0.1) is 0 Å². The lowest BCUT2D eigenvalue weighted by molar-refractivity contribution is 0.0528. The Kier molecular flexibility index (Phi) is 5.61. The minimum absolute atomic E-state index is 0.297. The van der Waals surface area contributed by atoms with Gasteiger partial charge < -0.3 is 14.2 Å². The second kappa shape index (κ2) is 8.72. The molecule has 4 nitrogen and oxygen atoms in total. The van der Waals surface area contributed by atoms with Crippen LogP contribution in [-0.2, 0) is 22.7 Å². The van der Waals surface area contributed by atoms with Gasteiger partial charge in [-0.2, -0.15) is 0 Å². The first kappa shape index (κ1) is 21.2. The molecule has 0 aliphatic carbocycles. The molecule has 4 heteroatoms. The average molecular weight is 439 g/mol. The second-order valence-electron chi connectivity index (χ2n) is 8.15. The molecule has 4 aromatic rings. The maximum Gasteiger partial charge on any atom is 0.339 e. The molecule has 4 aromatic carbocycles. The van der Waals surface area contributed by atoms with Gasteiger partial charge in [0.2, 0.25) is 0 Å². The Balaban J connectivity index is 1.98. The van der Waals surface area contributed by atoms with Gasteiger partial charge in [0.1, 0.15) is 5.75 Å². The van der Waals surface area contributed by atoms with E-state index in [1.165, 1.54) is 0 Å². The lowest BCUT2D eigenvalue weighted by Crippen LogP contribution is -2.13. The van der Waals surface area contributed by atoms with E-state index in [1.807, 2.05) is 61.5 Å². The van der Waals surface area contributed by atoms with Crippen molar-refractivity contribution in [3.8, 4) is 28.0 Å². The molecule has 0 radical (unpaired) electrons. The fraction of sp³-hybridized carbons (Fsp3) is 0.207. The van der Waals surface area contributed by atoms with Crippen LogP contribution in [0.2, 0.25) is 0 Å². The summed E-state index contributed by atoms with van der Waals surface area (Å²) >= 11 is 0. The fourth-order valence-corrected chi connectivity index (χ4v) is 4.92. The molecule has 0 saturated carbocycles. The van der Waals surface area contributed by atoms with Gasteiger partial charge in [0.15, 0.2) is 0 Å². The van der Waals surface area contributed by atoms with Gasteiger partial charge in [0.05, 0.1) is 32.5 Å². The number of rotatable bonds is 5. The molecular formula is C29H26O4. The van der Waals surface area contributed by atoms with Gasteiger partial charge in [0.25, 0.3) is 0 Å². The van der Waals surface area contributed by atoms with E-state index in [4.69, 9.17) is 14.2 Å². The zero-order chi connectivity index (χ0) is 22.9. The number of fused-ring (bicyclic) bond motifs is 2. The molecule has 0 atom stereocenters. The number of methoxy groups -OCH3 is 1. The topological polar surface area (TPSA) is 44.8 Å². The maximum absolute atomic E-state index is 13.6. The molecule has 0 aromatic heterocycles. The number of benzene rings is 4. The highest BCUT2D eigenvalue weighted by Crippen LogP contribution is 2.47. The Morgan fingerprint density at radius 3 is 2.36 bits per heavy atom. The molecule has 1 aliphatic heterocycles. The van der Waals surface area contributed by atoms with Crippen molar-refractivity contribution in [2.24, 2.45) is 0 Å². The quantitative estimate of drug-likeness (QED) is 0.325. The van der Waals surface area contributed by atoms with Crippen molar-refractivity contribution >= 4 is 16.7 Å². The predicted molar refractivity (Wildman–Crippen MR) is 131 cm³/mol. The van der Waals surface area contributed by atoms with Gasteiger partial charge in [-0.05, 0) is 52.9 Å². The third-order valence-electron chi connectivity index (χ3n) is 6.39. The van der Waals surface area contributed by atoms with Crippen molar-refractivity contribution in [3.63, 3.8) is 0 Å². The SMILES string of the molecule is CCOC(=O)c1c(-c2c(OC)ccc3ccccc23)c(C)c2c(c1-c1ccccc1)COC2. The smallest absolute Gasteiger partial charge is 0.339 e. The Morgan fingerprint density at radius 1 is 0.879 bits per heavy atom. The fourth-order valence-electron chi connectivity index (χ4n) is 4.92. The van der Waals surface area contributed by atoms with Crippen molar-refractivity contribution in [1.82, 2.24) is 0 Å². The van der Waals surface area contributed by atoms with E-state index < -0.39 is 0 Å². The summed E-state index contributed by atoms with van der Waals surface area (Å²) in [5.41, 5.74) is 7.41. The van der Waals surface area contributed by atoms with Crippen molar-refractivity contribution in [2.75, 3.05) is 13.7 Å². The molecule has 0 saturated heterocycles. The van der Waals surface area contributed by atoms with Crippen LogP contribution in [0.15, 0.2) is 66.7 Å². The van der Waals surface area contributed by atoms with Crippen LogP contribution in [0.25, 0.3) is 33.0 Å². The lowest BCUT2D eigenvalue weighted by Gasteiger charge is -2.23. The number of hydrogen-bond donors (Lipinski definition) is 0. The summed E-state index contributed by atoms with van der Waals surface area (Å²) < 4.78 is 17.4. The average Bonchev–Trinajstić information content (AvgIpc) is 3.34. The summed E-state index contributed by atoms with van der Waals surface area (Å²) in [5, 5.41) is 2.11. The zero-order valence-corrected chi connectivity index (χ0v) is 19.1. The van der Waals surface area contributed by atoms with Gasteiger partial charge in [-0.3, -0.25) is 0 Å². The molecule has 33 heavy (non-hydrogen) atoms. The van der Waals surface area contributed by atoms with Crippen LogP contribution >= 0.6 is 0 Å². The van der Waals surface area contributed by atoms with Crippen molar-refractivity contribution in [1.29, 1.82) is 0 Å². The molecule has 0 unspecified atom stereocenters. The van der Waals surface area contributed by atoms with E-state index in [0.717, 1.165) is 55.5 Å². The van der Waals surface area contributed by atoms with Crippen LogP contribution in [-0.4, -0.2) is 19.7 Å². The molecule has 0 spiro atoms. The van der Waals surface area contributed by atoms with E-state index in [9.17, 15) is 4.79 Å². The van der Waals surface area contributed by atoms with Crippen LogP contribution in [0.3, 0.4) is 0 Å². The first-order valence-corrected chi connectivity index (χ1v) is 11.2. The molecule has 5 rings (SSSR count). The highest BCUT2D eigenvalue weighted by atomic mass is 16.5. The minimum Gasteiger partial charge on any atom is -0.496 e. The highest BCUT2D eigenvalue weighted by Gasteiger charge is 2.32. The van der Waals surface area contributed by atoms with E-state index >= 15 is 0 Å². The Hall–Kier alpha value is -3.63. The number of carbonyl (C=O) groups excluding carboxylic acids is 1. The molecule has 1 aliphatic rings. The third kappa shape index (κ3) is 3.47. The van der Waals surface area contributed by atoms with Crippen LogP contribution in [0, 0.1) is 6.92 Å². The number of hydrogen-bond acceptors (Lipinski definition) is 4. The summed E-state index contributed by atoms with van der Waals surface area (Å²) in [6, 6.07) is 22.2. The van der Waals surface area contributed by atoms with Crippen molar-refractivity contribution < 1.29 is 19.0 Å². The van der Waals surface area contributed by atoms with Crippen molar-refractivity contribution in [3.05, 3.63) is 89.0 Å². The molecule has 0 N–H and O–H groups in total. The summed E-state index contributed by atoms with van der Waals surface area (Å²) in [7, 11) is 1.67. The summed E-state index contributed by atoms with van der Waals surface area (Å²) in [4.78, 5) is 13.6. The van der Waals surface area contributed by atoms with Gasteiger partial charge in [-0.1, -0.05) is 60.7 Å². The van der Waals surface area contributed by atoms with Crippen molar-refractivity contribution in [2.45, 2.75) is 27.1 Å². The largest absolute Gasteiger partial charge is 0.496 e. The zero-order valence-electron chi connectivity index (χ0n) is 19.1. The maximum atomic E-state index is 13.6. The Bertz CT molecular complexity index is 1360. The van der Waals surface area contributed by atoms with E-state index in [1.54, 1.807) is 7.11 Å². The van der Waals surface area contributed by atoms with E-state index in [2.05, 4.69) is 19.1 Å². The normalized spacial score (nSPS) is 12.6. The van der Waals surface area contributed by atoms with E-state index in [0.29, 0.717) is 25.4 Å². The summed E-state index contributed by atoms with van der Waals surface area (Å²) in [5.74, 6) is 0.388. The monoisotopic (exact) mass is 438 g/mol. The molecule has 1 heterocycles. The van der Waals surface area contributed by atoms with Crippen LogP contribution in [0.5, 0.6) is 5.75 Å². The van der Waals surface area contributed by atoms with Crippen LogP contribution in [0.1, 0.15) is 34.0 Å². The number of esters is 1. The lowest BCUT2D eigenvalue weighted by atomic mass is 9.81. The molecule has 166 valence electrons. The second-order valence-corrected chi connectivity index (χ2v) is 8.15.